The first kappa shape index (κ1) is 15.0. The lowest BCUT2D eigenvalue weighted by atomic mass is 10.2. The molecule has 22 heavy (non-hydrogen) atoms. The quantitative estimate of drug-likeness (QED) is 0.788. The molecule has 8 heteroatoms. The van der Waals surface area contributed by atoms with E-state index in [9.17, 15) is 4.79 Å². The van der Waals surface area contributed by atoms with Gasteiger partial charge in [0.1, 0.15) is 11.7 Å². The van der Waals surface area contributed by atoms with Gasteiger partial charge in [0.25, 0.3) is 5.56 Å². The van der Waals surface area contributed by atoms with Crippen LogP contribution >= 0.6 is 23.2 Å². The van der Waals surface area contributed by atoms with E-state index < -0.39 is 0 Å². The van der Waals surface area contributed by atoms with Gasteiger partial charge in [-0.25, -0.2) is 9.67 Å². The maximum absolute atomic E-state index is 12.5. The molecular weight excluding hydrogens is 327 g/mol. The first-order valence-corrected chi connectivity index (χ1v) is 7.31. The van der Waals surface area contributed by atoms with Crippen molar-refractivity contribution in [1.29, 1.82) is 0 Å². The maximum atomic E-state index is 12.5. The molecule has 6 nitrogen and oxygen atoms in total. The second-order valence-electron chi connectivity index (χ2n) is 4.75. The minimum atomic E-state index is -0.194. The van der Waals surface area contributed by atoms with E-state index in [4.69, 9.17) is 28.3 Å². The largest absolute Gasteiger partial charge is 0.394 e. The second kappa shape index (κ2) is 6.08. The molecule has 0 unspecified atom stereocenters. The number of aliphatic hydroxyl groups excluding tert-OH is 1. The molecule has 2 heterocycles. The van der Waals surface area contributed by atoms with Crippen molar-refractivity contribution in [3.8, 4) is 0 Å². The Morgan fingerprint density at radius 1 is 1.23 bits per heavy atom. The highest BCUT2D eigenvalue weighted by Gasteiger charge is 2.10. The predicted octanol–water partition coefficient (Wildman–Crippen LogP) is 1.94. The van der Waals surface area contributed by atoms with Crippen molar-refractivity contribution in [2.24, 2.45) is 0 Å². The highest BCUT2D eigenvalue weighted by molar-refractivity contribution is 6.42. The summed E-state index contributed by atoms with van der Waals surface area (Å²) < 4.78 is 2.98. The molecule has 0 aliphatic carbocycles. The van der Waals surface area contributed by atoms with Crippen molar-refractivity contribution < 1.29 is 5.11 Å². The molecule has 0 aliphatic heterocycles. The molecular formula is C14H12Cl2N4O2. The Hall–Kier alpha value is -1.89. The molecule has 0 aliphatic rings. The Morgan fingerprint density at radius 2 is 2.05 bits per heavy atom. The normalized spacial score (nSPS) is 11.2. The maximum Gasteiger partial charge on any atom is 0.264 e. The number of fused-ring (bicyclic) bond motifs is 1. The standard InChI is InChI=1S/C14H12Cl2N4O2/c15-11-2-1-9(5-12(11)16)7-19-8-17-13-10(14(19)22)6-18-20(13)3-4-21/h1-2,5-6,8,21H,3-4,7H2. The molecule has 3 rings (SSSR count). The van der Waals surface area contributed by atoms with Crippen molar-refractivity contribution >= 4 is 34.2 Å². The molecule has 0 spiro atoms. The van der Waals surface area contributed by atoms with E-state index in [0.717, 1.165) is 5.56 Å². The summed E-state index contributed by atoms with van der Waals surface area (Å²) in [6.07, 6.45) is 2.92. The number of hydrogen-bond donors (Lipinski definition) is 1. The Morgan fingerprint density at radius 3 is 2.77 bits per heavy atom. The van der Waals surface area contributed by atoms with Crippen LogP contribution in [-0.2, 0) is 13.1 Å². The van der Waals surface area contributed by atoms with Crippen molar-refractivity contribution in [2.75, 3.05) is 6.61 Å². The summed E-state index contributed by atoms with van der Waals surface area (Å²) in [5.41, 5.74) is 1.12. The third-order valence-corrected chi connectivity index (χ3v) is 4.01. The molecule has 1 N–H and O–H groups in total. The van der Waals surface area contributed by atoms with Gasteiger partial charge in [-0.05, 0) is 17.7 Å². The van der Waals surface area contributed by atoms with Crippen LogP contribution in [0.3, 0.4) is 0 Å². The lowest BCUT2D eigenvalue weighted by Gasteiger charge is -2.07. The molecule has 2 aromatic heterocycles. The Kier molecular flexibility index (Phi) is 4.15. The molecule has 0 atom stereocenters. The number of halogens is 2. The van der Waals surface area contributed by atoms with Gasteiger partial charge in [-0.1, -0.05) is 29.3 Å². The first-order chi connectivity index (χ1) is 10.6. The van der Waals surface area contributed by atoms with Gasteiger partial charge in [0, 0.05) is 0 Å². The van der Waals surface area contributed by atoms with Gasteiger partial charge in [-0.15, -0.1) is 0 Å². The van der Waals surface area contributed by atoms with Crippen LogP contribution in [0.5, 0.6) is 0 Å². The third-order valence-electron chi connectivity index (χ3n) is 3.27. The van der Waals surface area contributed by atoms with Gasteiger partial charge in [0.15, 0.2) is 5.65 Å². The smallest absolute Gasteiger partial charge is 0.264 e. The van der Waals surface area contributed by atoms with Crippen LogP contribution in [0, 0.1) is 0 Å². The van der Waals surface area contributed by atoms with E-state index in [1.54, 1.807) is 18.2 Å². The molecule has 114 valence electrons. The number of hydrogen-bond acceptors (Lipinski definition) is 4. The Labute approximate surface area is 135 Å². The molecule has 0 fully saturated rings. The van der Waals surface area contributed by atoms with Crippen molar-refractivity contribution in [3.63, 3.8) is 0 Å². The molecule has 1 aromatic carbocycles. The van der Waals surface area contributed by atoms with E-state index in [0.29, 0.717) is 34.2 Å². The highest BCUT2D eigenvalue weighted by atomic mass is 35.5. The topological polar surface area (TPSA) is 72.9 Å². The lowest BCUT2D eigenvalue weighted by molar-refractivity contribution is 0.271. The first-order valence-electron chi connectivity index (χ1n) is 6.56. The third kappa shape index (κ3) is 2.72. The van der Waals surface area contributed by atoms with Crippen LogP contribution in [0.1, 0.15) is 5.56 Å². The summed E-state index contributed by atoms with van der Waals surface area (Å²) in [5, 5.41) is 14.4. The monoisotopic (exact) mass is 338 g/mol. The molecule has 0 amide bonds. The number of rotatable bonds is 4. The average molecular weight is 339 g/mol. The summed E-state index contributed by atoms with van der Waals surface area (Å²) >= 11 is 11.9. The van der Waals surface area contributed by atoms with Gasteiger partial charge in [0.2, 0.25) is 0 Å². The van der Waals surface area contributed by atoms with E-state index >= 15 is 0 Å². The van der Waals surface area contributed by atoms with Gasteiger partial charge >= 0.3 is 0 Å². The molecule has 3 aromatic rings. The highest BCUT2D eigenvalue weighted by Crippen LogP contribution is 2.22. The summed E-state index contributed by atoms with van der Waals surface area (Å²) in [6.45, 7) is 0.571. The fourth-order valence-electron chi connectivity index (χ4n) is 2.20. The number of benzene rings is 1. The lowest BCUT2D eigenvalue weighted by Crippen LogP contribution is -2.21. The number of aromatic nitrogens is 4. The number of nitrogens with zero attached hydrogens (tertiary/aromatic N) is 4. The zero-order valence-corrected chi connectivity index (χ0v) is 12.9. The molecule has 0 radical (unpaired) electrons. The van der Waals surface area contributed by atoms with E-state index in [-0.39, 0.29) is 12.2 Å². The van der Waals surface area contributed by atoms with Crippen LogP contribution in [0.4, 0.5) is 0 Å². The summed E-state index contributed by atoms with van der Waals surface area (Å²) in [4.78, 5) is 16.7. The van der Waals surface area contributed by atoms with Crippen LogP contribution in [0.25, 0.3) is 11.0 Å². The zero-order chi connectivity index (χ0) is 15.7. The van der Waals surface area contributed by atoms with Crippen LogP contribution in [0.15, 0.2) is 35.5 Å². The van der Waals surface area contributed by atoms with Crippen LogP contribution in [-0.4, -0.2) is 31.0 Å². The average Bonchev–Trinajstić information content (AvgIpc) is 2.90. The van der Waals surface area contributed by atoms with E-state index in [2.05, 4.69) is 10.1 Å². The zero-order valence-electron chi connectivity index (χ0n) is 11.4. The number of aliphatic hydroxyl groups is 1. The van der Waals surface area contributed by atoms with Gasteiger partial charge < -0.3 is 5.11 Å². The Bertz CT molecular complexity index is 888. The SMILES string of the molecule is O=c1c2cnn(CCO)c2ncn1Cc1ccc(Cl)c(Cl)c1. The summed E-state index contributed by atoms with van der Waals surface area (Å²) in [5.74, 6) is 0. The predicted molar refractivity (Wildman–Crippen MR) is 84.4 cm³/mol. The fourth-order valence-corrected chi connectivity index (χ4v) is 2.52. The minimum Gasteiger partial charge on any atom is -0.394 e. The van der Waals surface area contributed by atoms with Gasteiger partial charge in [-0.3, -0.25) is 9.36 Å². The van der Waals surface area contributed by atoms with E-state index in [1.807, 2.05) is 0 Å². The molecule has 0 saturated carbocycles. The summed E-state index contributed by atoms with van der Waals surface area (Å²) in [6, 6.07) is 5.21. The Balaban J connectivity index is 1.99. The van der Waals surface area contributed by atoms with Crippen molar-refractivity contribution in [1.82, 2.24) is 19.3 Å². The van der Waals surface area contributed by atoms with Crippen molar-refractivity contribution in [3.05, 3.63) is 56.7 Å². The van der Waals surface area contributed by atoms with Gasteiger partial charge in [-0.2, -0.15) is 5.10 Å². The van der Waals surface area contributed by atoms with Gasteiger partial charge in [0.05, 0.1) is 35.9 Å². The van der Waals surface area contributed by atoms with Crippen LogP contribution in [0.2, 0.25) is 10.0 Å². The van der Waals surface area contributed by atoms with E-state index in [1.165, 1.54) is 21.8 Å². The fraction of sp³-hybridized carbons (Fsp3) is 0.214. The second-order valence-corrected chi connectivity index (χ2v) is 5.57. The molecule has 0 saturated heterocycles. The van der Waals surface area contributed by atoms with Crippen molar-refractivity contribution in [2.45, 2.75) is 13.1 Å². The van der Waals surface area contributed by atoms with Crippen LogP contribution < -0.4 is 5.56 Å². The summed E-state index contributed by atoms with van der Waals surface area (Å²) in [7, 11) is 0. The minimum absolute atomic E-state index is 0.0647. The molecule has 0 bridgehead atoms.